The van der Waals surface area contributed by atoms with E-state index in [1.165, 1.54) is 18.5 Å². The molecule has 0 fully saturated rings. The monoisotopic (exact) mass is 196 g/mol. The molecule has 7 nitrogen and oxygen atoms in total. The Morgan fingerprint density at radius 3 is 2.67 bits per heavy atom. The molecule has 70 valence electrons. The van der Waals surface area contributed by atoms with Crippen molar-refractivity contribution in [2.24, 2.45) is 4.99 Å². The molecule has 0 saturated heterocycles. The van der Waals surface area contributed by atoms with Crippen LogP contribution in [0.25, 0.3) is 0 Å². The zero-order valence-electron chi connectivity index (χ0n) is 5.91. The van der Waals surface area contributed by atoms with Crippen LogP contribution in [0.2, 0.25) is 0 Å². The highest BCUT2D eigenvalue weighted by Crippen LogP contribution is 1.99. The van der Waals surface area contributed by atoms with Crippen molar-refractivity contribution in [1.29, 1.82) is 0 Å². The van der Waals surface area contributed by atoms with Crippen molar-refractivity contribution < 1.29 is 22.7 Å². The first-order chi connectivity index (χ1) is 5.08. The lowest BCUT2D eigenvalue weighted by Crippen LogP contribution is -2.23. The van der Waals surface area contributed by atoms with Crippen LogP contribution < -0.4 is 0 Å². The van der Waals surface area contributed by atoms with Crippen molar-refractivity contribution in [3.63, 3.8) is 0 Å². The highest BCUT2D eigenvalue weighted by atomic mass is 32.3. The maximum atomic E-state index is 10.1. The van der Waals surface area contributed by atoms with Gasteiger partial charge in [-0.3, -0.25) is 9.55 Å². The standard InChI is InChI=1S/C4H6N2O4S.H2O/c7-11(8,9)10-6-3-1-2-5-4-6;/h1-3H,4H2,(H,7,8,9);1H2. The SMILES string of the molecule is O.O=S(=O)(O)ON1C=CC=NC1. The zero-order valence-corrected chi connectivity index (χ0v) is 6.73. The molecule has 12 heavy (non-hydrogen) atoms. The van der Waals surface area contributed by atoms with Gasteiger partial charge in [0.1, 0.15) is 6.67 Å². The van der Waals surface area contributed by atoms with Gasteiger partial charge < -0.3 is 5.48 Å². The van der Waals surface area contributed by atoms with E-state index < -0.39 is 10.4 Å². The predicted molar refractivity (Wildman–Crippen MR) is 40.6 cm³/mol. The topological polar surface area (TPSA) is 111 Å². The maximum absolute atomic E-state index is 10.1. The summed E-state index contributed by atoms with van der Waals surface area (Å²) < 4.78 is 32.4. The van der Waals surface area contributed by atoms with E-state index in [1.807, 2.05) is 0 Å². The molecule has 3 N–H and O–H groups in total. The Hall–Kier alpha value is -0.960. The van der Waals surface area contributed by atoms with Crippen molar-refractivity contribution in [2.45, 2.75) is 0 Å². The molecular weight excluding hydrogens is 188 g/mol. The number of hydrogen-bond acceptors (Lipinski definition) is 5. The van der Waals surface area contributed by atoms with Crippen LogP contribution >= 0.6 is 0 Å². The van der Waals surface area contributed by atoms with Crippen LogP contribution in [0.3, 0.4) is 0 Å². The minimum absolute atomic E-state index is 0. The van der Waals surface area contributed by atoms with Crippen LogP contribution in [0.15, 0.2) is 17.3 Å². The molecule has 0 unspecified atom stereocenters. The van der Waals surface area contributed by atoms with Crippen LogP contribution in [0.4, 0.5) is 0 Å². The minimum Gasteiger partial charge on any atom is -0.412 e. The Bertz CT molecular complexity index is 282. The fourth-order valence-corrected chi connectivity index (χ4v) is 0.878. The number of allylic oxidation sites excluding steroid dienone is 1. The van der Waals surface area contributed by atoms with Crippen molar-refractivity contribution in [3.05, 3.63) is 12.3 Å². The fraction of sp³-hybridized carbons (Fsp3) is 0.250. The van der Waals surface area contributed by atoms with Gasteiger partial charge in [-0.05, 0) is 6.08 Å². The van der Waals surface area contributed by atoms with E-state index in [0.717, 1.165) is 5.06 Å². The van der Waals surface area contributed by atoms with E-state index in [0.29, 0.717) is 0 Å². The molecule has 0 aromatic carbocycles. The lowest BCUT2D eigenvalue weighted by atomic mass is 10.6. The number of hydrogen-bond donors (Lipinski definition) is 1. The number of rotatable bonds is 2. The van der Waals surface area contributed by atoms with Crippen LogP contribution in [-0.2, 0) is 14.7 Å². The van der Waals surface area contributed by atoms with Gasteiger partial charge in [0.15, 0.2) is 0 Å². The number of hydroxylamine groups is 2. The van der Waals surface area contributed by atoms with Gasteiger partial charge in [0.05, 0.1) is 0 Å². The molecule has 0 amide bonds. The number of aliphatic imine (C=N–C) groups is 1. The third kappa shape index (κ3) is 4.03. The summed E-state index contributed by atoms with van der Waals surface area (Å²) in [5.41, 5.74) is 0. The summed E-state index contributed by atoms with van der Waals surface area (Å²) in [6.07, 6.45) is 4.30. The van der Waals surface area contributed by atoms with E-state index in [9.17, 15) is 8.42 Å². The third-order valence-electron chi connectivity index (χ3n) is 0.855. The van der Waals surface area contributed by atoms with E-state index in [2.05, 4.69) is 9.28 Å². The minimum atomic E-state index is -4.42. The van der Waals surface area contributed by atoms with Crippen LogP contribution in [0.1, 0.15) is 0 Å². The summed E-state index contributed by atoms with van der Waals surface area (Å²) >= 11 is 0. The second-order valence-electron chi connectivity index (χ2n) is 1.73. The zero-order chi connectivity index (χ0) is 8.32. The predicted octanol–water partition coefficient (Wildman–Crippen LogP) is -1.25. The van der Waals surface area contributed by atoms with Gasteiger partial charge in [-0.25, -0.2) is 5.06 Å². The molecule has 0 saturated carbocycles. The largest absolute Gasteiger partial charge is 0.418 e. The van der Waals surface area contributed by atoms with E-state index in [1.54, 1.807) is 0 Å². The summed E-state index contributed by atoms with van der Waals surface area (Å²) in [6, 6.07) is 0. The number of nitrogens with zero attached hydrogens (tertiary/aromatic N) is 2. The van der Waals surface area contributed by atoms with Gasteiger partial charge in [0.25, 0.3) is 0 Å². The van der Waals surface area contributed by atoms with Crippen LogP contribution in [0.5, 0.6) is 0 Å². The Labute approximate surface area is 69.2 Å². The Morgan fingerprint density at radius 1 is 1.58 bits per heavy atom. The average molecular weight is 196 g/mol. The summed E-state index contributed by atoms with van der Waals surface area (Å²) in [6.45, 7) is 0.0519. The van der Waals surface area contributed by atoms with Crippen molar-refractivity contribution in [3.8, 4) is 0 Å². The van der Waals surface area contributed by atoms with Gasteiger partial charge in [-0.15, -0.1) is 4.28 Å². The lowest BCUT2D eigenvalue weighted by molar-refractivity contribution is -0.00936. The van der Waals surface area contributed by atoms with Crippen LogP contribution in [0, 0.1) is 0 Å². The smallest absolute Gasteiger partial charge is 0.412 e. The molecule has 1 aliphatic rings. The second-order valence-corrected chi connectivity index (χ2v) is 2.74. The summed E-state index contributed by atoms with van der Waals surface area (Å²) in [5, 5.41) is 0.884. The van der Waals surface area contributed by atoms with E-state index in [-0.39, 0.29) is 12.1 Å². The first-order valence-electron chi connectivity index (χ1n) is 2.68. The van der Waals surface area contributed by atoms with Gasteiger partial charge >= 0.3 is 10.4 Å². The molecule has 0 aromatic heterocycles. The second kappa shape index (κ2) is 4.16. The van der Waals surface area contributed by atoms with Crippen molar-refractivity contribution >= 4 is 16.6 Å². The van der Waals surface area contributed by atoms with Gasteiger partial charge in [-0.2, -0.15) is 8.42 Å². The normalized spacial score (nSPS) is 15.9. The van der Waals surface area contributed by atoms with E-state index in [4.69, 9.17) is 4.55 Å². The van der Waals surface area contributed by atoms with Crippen molar-refractivity contribution in [2.75, 3.05) is 6.67 Å². The molecule has 0 aliphatic carbocycles. The third-order valence-corrected chi connectivity index (χ3v) is 1.23. The first-order valence-corrected chi connectivity index (χ1v) is 4.05. The molecule has 1 heterocycles. The molecule has 1 aliphatic heterocycles. The summed E-state index contributed by atoms with van der Waals surface area (Å²) in [4.78, 5) is 3.66. The van der Waals surface area contributed by atoms with E-state index >= 15 is 0 Å². The Morgan fingerprint density at radius 2 is 2.25 bits per heavy atom. The molecule has 0 aromatic rings. The molecule has 8 heteroatoms. The van der Waals surface area contributed by atoms with Gasteiger partial charge in [0.2, 0.25) is 0 Å². The highest BCUT2D eigenvalue weighted by molar-refractivity contribution is 7.80. The first kappa shape index (κ1) is 11.0. The molecular formula is C4H8N2O5S. The maximum Gasteiger partial charge on any atom is 0.418 e. The molecule has 0 spiro atoms. The quantitative estimate of drug-likeness (QED) is 0.555. The Balaban J connectivity index is 0.00000121. The summed E-state index contributed by atoms with van der Waals surface area (Å²) in [5.74, 6) is 0. The Kier molecular flexibility index (Phi) is 3.83. The van der Waals surface area contributed by atoms with Crippen LogP contribution in [-0.4, -0.2) is 36.4 Å². The van der Waals surface area contributed by atoms with Gasteiger partial charge in [0, 0.05) is 12.4 Å². The van der Waals surface area contributed by atoms with Crippen molar-refractivity contribution in [1.82, 2.24) is 5.06 Å². The highest BCUT2D eigenvalue weighted by Gasteiger charge is 2.10. The lowest BCUT2D eigenvalue weighted by Gasteiger charge is -2.15. The molecule has 0 bridgehead atoms. The molecule has 1 rings (SSSR count). The average Bonchev–Trinajstić information content (AvgIpc) is 1.85. The fourth-order valence-electron chi connectivity index (χ4n) is 0.539. The molecule has 0 radical (unpaired) electrons. The van der Waals surface area contributed by atoms with Gasteiger partial charge in [-0.1, -0.05) is 0 Å². The summed E-state index contributed by atoms with van der Waals surface area (Å²) in [7, 11) is -4.42. The molecule has 0 atom stereocenters.